The Morgan fingerprint density at radius 1 is 0.897 bits per heavy atom. The molecule has 0 radical (unpaired) electrons. The van der Waals surface area contributed by atoms with Gasteiger partial charge in [-0.3, -0.25) is 9.59 Å². The molecule has 0 N–H and O–H groups in total. The summed E-state index contributed by atoms with van der Waals surface area (Å²) in [6.07, 6.45) is 0.239. The van der Waals surface area contributed by atoms with Crippen LogP contribution in [0.4, 0.5) is 0 Å². The Morgan fingerprint density at radius 3 is 2.31 bits per heavy atom. The third kappa shape index (κ3) is 2.77. The topological polar surface area (TPSA) is 61.8 Å². The number of carbonyl (C=O) groups excluding carboxylic acids is 2. The van der Waals surface area contributed by atoms with Gasteiger partial charge in [-0.05, 0) is 46.0 Å². The molecule has 1 aliphatic rings. The van der Waals surface area contributed by atoms with Crippen LogP contribution < -0.4 is 4.74 Å². The van der Waals surface area contributed by atoms with Crippen molar-refractivity contribution in [1.29, 1.82) is 0 Å². The van der Waals surface area contributed by atoms with Crippen LogP contribution >= 0.6 is 0 Å². The number of hydrogen-bond donors (Lipinski definition) is 0. The highest BCUT2D eigenvalue weighted by Gasteiger charge is 2.57. The lowest BCUT2D eigenvalue weighted by Gasteiger charge is -2.24. The zero-order valence-electron chi connectivity index (χ0n) is 16.6. The minimum absolute atomic E-state index is 0.190. The third-order valence-corrected chi connectivity index (χ3v) is 5.85. The summed E-state index contributed by atoms with van der Waals surface area (Å²) in [6.45, 7) is 0. The molecular weight excluding hydrogens is 368 g/mol. The van der Waals surface area contributed by atoms with Crippen molar-refractivity contribution in [3.05, 3.63) is 77.4 Å². The van der Waals surface area contributed by atoms with Crippen LogP contribution in [0.3, 0.4) is 0 Å². The number of methoxy groups -OCH3 is 3. The first kappa shape index (κ1) is 19.0. The Balaban J connectivity index is 2.05. The monoisotopic (exact) mass is 390 g/mol. The molecule has 1 atom stereocenters. The maximum absolute atomic E-state index is 13.0. The lowest BCUT2D eigenvalue weighted by Crippen LogP contribution is -2.43. The average molecular weight is 390 g/mol. The molecule has 0 aliphatic heterocycles. The van der Waals surface area contributed by atoms with E-state index in [9.17, 15) is 9.59 Å². The Hall–Kier alpha value is -3.34. The zero-order valence-corrected chi connectivity index (χ0v) is 16.6. The maximum atomic E-state index is 13.0. The van der Waals surface area contributed by atoms with Crippen LogP contribution in [0.1, 0.15) is 29.0 Å². The van der Waals surface area contributed by atoms with Gasteiger partial charge in [0.1, 0.15) is 5.75 Å². The van der Waals surface area contributed by atoms with Gasteiger partial charge in [-0.25, -0.2) is 0 Å². The molecule has 0 bridgehead atoms. The largest absolute Gasteiger partial charge is 0.497 e. The van der Waals surface area contributed by atoms with Crippen LogP contribution in [0, 0.1) is 0 Å². The van der Waals surface area contributed by atoms with Gasteiger partial charge in [0.2, 0.25) is 0 Å². The molecule has 3 aromatic rings. The fraction of sp³-hybridized carbons (Fsp3) is 0.250. The van der Waals surface area contributed by atoms with E-state index in [0.29, 0.717) is 5.56 Å². The van der Waals surface area contributed by atoms with E-state index < -0.39 is 17.4 Å². The van der Waals surface area contributed by atoms with Gasteiger partial charge in [0, 0.05) is 5.92 Å². The quantitative estimate of drug-likeness (QED) is 0.498. The van der Waals surface area contributed by atoms with Crippen molar-refractivity contribution in [3.63, 3.8) is 0 Å². The van der Waals surface area contributed by atoms with Crippen LogP contribution in [0.15, 0.2) is 60.7 Å². The Morgan fingerprint density at radius 2 is 1.62 bits per heavy atom. The summed E-state index contributed by atoms with van der Waals surface area (Å²) in [5.41, 5.74) is 1.06. The fourth-order valence-electron chi connectivity index (χ4n) is 4.52. The predicted octanol–water partition coefficient (Wildman–Crippen LogP) is 3.97. The summed E-state index contributed by atoms with van der Waals surface area (Å²) in [7, 11) is 4.21. The molecule has 0 amide bonds. The fourth-order valence-corrected chi connectivity index (χ4v) is 4.52. The minimum Gasteiger partial charge on any atom is -0.497 e. The summed E-state index contributed by atoms with van der Waals surface area (Å²) >= 11 is 0. The number of carbonyl (C=O) groups is 2. The van der Waals surface area contributed by atoms with Gasteiger partial charge in [-0.15, -0.1) is 0 Å². The van der Waals surface area contributed by atoms with Crippen LogP contribution in [0.5, 0.6) is 5.75 Å². The number of fused-ring (bicyclic) bond motifs is 3. The van der Waals surface area contributed by atoms with Crippen molar-refractivity contribution in [2.24, 2.45) is 0 Å². The molecule has 0 spiro atoms. The van der Waals surface area contributed by atoms with E-state index in [-0.39, 0.29) is 12.3 Å². The molecule has 1 unspecified atom stereocenters. The van der Waals surface area contributed by atoms with Crippen molar-refractivity contribution in [3.8, 4) is 5.75 Å². The number of rotatable bonds is 4. The smallest absolute Gasteiger partial charge is 0.327 e. The summed E-state index contributed by atoms with van der Waals surface area (Å²) in [5, 5.41) is 2.05. The lowest BCUT2D eigenvalue weighted by molar-refractivity contribution is -0.162. The van der Waals surface area contributed by atoms with E-state index in [1.165, 1.54) is 14.2 Å². The molecule has 148 valence electrons. The second kappa shape index (κ2) is 7.24. The number of benzene rings is 3. The molecule has 0 heterocycles. The van der Waals surface area contributed by atoms with Crippen molar-refractivity contribution in [2.75, 3.05) is 21.3 Å². The molecular formula is C24H22O5. The van der Waals surface area contributed by atoms with E-state index >= 15 is 0 Å². The van der Waals surface area contributed by atoms with Crippen molar-refractivity contribution in [2.45, 2.75) is 17.8 Å². The van der Waals surface area contributed by atoms with Gasteiger partial charge >= 0.3 is 11.9 Å². The molecule has 3 aromatic carbocycles. The zero-order chi connectivity index (χ0) is 20.6. The van der Waals surface area contributed by atoms with Gasteiger partial charge in [-0.2, -0.15) is 0 Å². The molecule has 1 aliphatic carbocycles. The number of ether oxygens (including phenoxy) is 3. The van der Waals surface area contributed by atoms with Crippen LogP contribution in [-0.2, 0) is 24.5 Å². The first-order valence-corrected chi connectivity index (χ1v) is 9.39. The standard InChI is InChI=1S/C24H22O5/c1-27-17-9-6-8-16(13-17)19-14-24(22(25)28-2,23(26)29-3)20-12-11-15-7-4-5-10-18(15)21(19)20/h4-13,19H,14H2,1-3H3. The highest BCUT2D eigenvalue weighted by molar-refractivity contribution is 6.09. The second-order valence-electron chi connectivity index (χ2n) is 7.17. The van der Waals surface area contributed by atoms with E-state index in [1.54, 1.807) is 7.11 Å². The molecule has 4 rings (SSSR count). The summed E-state index contributed by atoms with van der Waals surface area (Å²) in [6, 6.07) is 19.5. The highest BCUT2D eigenvalue weighted by atomic mass is 16.5. The van der Waals surface area contributed by atoms with E-state index in [4.69, 9.17) is 14.2 Å². The molecule has 29 heavy (non-hydrogen) atoms. The van der Waals surface area contributed by atoms with Crippen molar-refractivity contribution < 1.29 is 23.8 Å². The van der Waals surface area contributed by atoms with E-state index in [0.717, 1.165) is 27.6 Å². The molecule has 5 nitrogen and oxygen atoms in total. The van der Waals surface area contributed by atoms with Gasteiger partial charge in [-0.1, -0.05) is 48.5 Å². The maximum Gasteiger partial charge on any atom is 0.327 e. The van der Waals surface area contributed by atoms with E-state index in [2.05, 4.69) is 0 Å². The second-order valence-corrected chi connectivity index (χ2v) is 7.17. The molecule has 0 fully saturated rings. The Bertz CT molecular complexity index is 1090. The summed E-state index contributed by atoms with van der Waals surface area (Å²) < 4.78 is 15.6. The number of hydrogen-bond acceptors (Lipinski definition) is 5. The van der Waals surface area contributed by atoms with Crippen LogP contribution in [0.25, 0.3) is 10.8 Å². The SMILES string of the molecule is COC(=O)C1(C(=O)OC)CC(c2cccc(OC)c2)c2c1ccc1ccccc21. The number of esters is 2. The summed E-state index contributed by atoms with van der Waals surface area (Å²) in [5.74, 6) is -0.681. The molecule has 5 heteroatoms. The highest BCUT2D eigenvalue weighted by Crippen LogP contribution is 2.53. The Labute approximate surface area is 169 Å². The van der Waals surface area contributed by atoms with E-state index in [1.807, 2.05) is 60.7 Å². The van der Waals surface area contributed by atoms with Gasteiger partial charge in [0.15, 0.2) is 5.41 Å². The van der Waals surface area contributed by atoms with Crippen LogP contribution in [0.2, 0.25) is 0 Å². The molecule has 0 saturated heterocycles. The molecule has 0 saturated carbocycles. The minimum atomic E-state index is -1.50. The first-order valence-electron chi connectivity index (χ1n) is 9.39. The van der Waals surface area contributed by atoms with Crippen LogP contribution in [-0.4, -0.2) is 33.3 Å². The lowest BCUT2D eigenvalue weighted by atomic mass is 9.80. The third-order valence-electron chi connectivity index (χ3n) is 5.85. The predicted molar refractivity (Wildman–Crippen MR) is 109 cm³/mol. The average Bonchev–Trinajstić information content (AvgIpc) is 3.15. The van der Waals surface area contributed by atoms with Gasteiger partial charge in [0.05, 0.1) is 21.3 Å². The van der Waals surface area contributed by atoms with Crippen molar-refractivity contribution in [1.82, 2.24) is 0 Å². The van der Waals surface area contributed by atoms with Gasteiger partial charge < -0.3 is 14.2 Å². The van der Waals surface area contributed by atoms with Crippen molar-refractivity contribution >= 4 is 22.7 Å². The molecule has 0 aromatic heterocycles. The first-order chi connectivity index (χ1) is 14.1. The Kier molecular flexibility index (Phi) is 4.74. The van der Waals surface area contributed by atoms with Gasteiger partial charge in [0.25, 0.3) is 0 Å². The summed E-state index contributed by atoms with van der Waals surface area (Å²) in [4.78, 5) is 26.0. The normalized spacial score (nSPS) is 16.9.